The fourth-order valence-electron chi connectivity index (χ4n) is 8.95. The topological polar surface area (TPSA) is 273 Å². The van der Waals surface area contributed by atoms with Gasteiger partial charge in [-0.25, -0.2) is 4.79 Å². The maximum absolute atomic E-state index is 13.7. The normalized spacial score (nSPS) is 13.2. The molecule has 20 nitrogen and oxygen atoms in total. The van der Waals surface area contributed by atoms with Crippen LogP contribution in [-0.4, -0.2) is 81.2 Å². The summed E-state index contributed by atoms with van der Waals surface area (Å²) in [7, 11) is 0. The molecular formula is C59H63ClN6O14. The van der Waals surface area contributed by atoms with E-state index in [2.05, 4.69) is 5.32 Å². The summed E-state index contributed by atoms with van der Waals surface area (Å²) in [5.41, 5.74) is 11.1. The van der Waals surface area contributed by atoms with E-state index in [1.54, 1.807) is 90.1 Å². The summed E-state index contributed by atoms with van der Waals surface area (Å²) in [5, 5.41) is 34.9. The minimum absolute atomic E-state index is 0. The smallest absolute Gasteiger partial charge is 0.408 e. The van der Waals surface area contributed by atoms with E-state index >= 15 is 0 Å². The van der Waals surface area contributed by atoms with Gasteiger partial charge in [-0.3, -0.25) is 39.4 Å². The summed E-state index contributed by atoms with van der Waals surface area (Å²) in [6.45, 7) is 11.3. The molecule has 2 aliphatic heterocycles. The Morgan fingerprint density at radius 2 is 1.05 bits per heavy atom. The predicted octanol–water partition coefficient (Wildman–Crippen LogP) is 10.3. The number of nitrogens with one attached hydrogen (secondary N) is 1. The lowest BCUT2D eigenvalue weighted by atomic mass is 10.0. The van der Waals surface area contributed by atoms with Crippen LogP contribution in [0.5, 0.6) is 11.5 Å². The monoisotopic (exact) mass is 1110 g/mol. The van der Waals surface area contributed by atoms with Crippen LogP contribution >= 0.6 is 12.4 Å². The zero-order valence-electron chi connectivity index (χ0n) is 45.0. The molecule has 2 heterocycles. The molecule has 6 aromatic rings. The average molecular weight is 1120 g/mol. The Balaban J connectivity index is 0.000000264. The van der Waals surface area contributed by atoms with Crippen LogP contribution in [0.15, 0.2) is 133 Å². The number of carboxylic acids is 1. The Kier molecular flexibility index (Phi) is 19.7. The zero-order chi connectivity index (χ0) is 57.2. The number of carboxylic acid groups (broad SMARTS) is 1. The molecule has 0 spiro atoms. The Hall–Kier alpha value is -8.88. The van der Waals surface area contributed by atoms with Crippen molar-refractivity contribution in [2.45, 2.75) is 104 Å². The molecular weight excluding hydrogens is 1050 g/mol. The number of ether oxygens (including phenoxy) is 4. The largest absolute Gasteiger partial charge is 0.489 e. The molecule has 2 atom stereocenters. The van der Waals surface area contributed by atoms with Crippen LogP contribution in [0.2, 0.25) is 0 Å². The SMILES string of the molecule is CC(C)(C)OC(=O)C[C@@H](NC(=O)OC(C)(C)C)C(=O)N1CCc2cc(OCc3ccc(-c4ccccc4)c([N+](=O)[O-])c3)ccc21.Cl.N[C@H](CC(=O)O)C(=O)N1CCc2cc(OCc3ccc(-c4ccccc4)c([N+](=O)[O-])c3)ccc21. The van der Waals surface area contributed by atoms with E-state index in [-0.39, 0.29) is 43.4 Å². The van der Waals surface area contributed by atoms with Crippen LogP contribution < -0.4 is 30.3 Å². The first-order valence-corrected chi connectivity index (χ1v) is 25.4. The number of rotatable bonds is 17. The Labute approximate surface area is 468 Å². The summed E-state index contributed by atoms with van der Waals surface area (Å²) in [4.78, 5) is 87.9. The third-order valence-corrected chi connectivity index (χ3v) is 12.4. The molecule has 0 fully saturated rings. The molecule has 0 unspecified atom stereocenters. The van der Waals surface area contributed by atoms with Crippen molar-refractivity contribution in [1.29, 1.82) is 0 Å². The van der Waals surface area contributed by atoms with Gasteiger partial charge in [-0.05, 0) is 136 Å². The Morgan fingerprint density at radius 3 is 1.46 bits per heavy atom. The number of nitro groups is 2. The lowest BCUT2D eigenvalue weighted by molar-refractivity contribution is -0.384. The Morgan fingerprint density at radius 1 is 0.613 bits per heavy atom. The lowest BCUT2D eigenvalue weighted by Crippen LogP contribution is -2.50. The summed E-state index contributed by atoms with van der Waals surface area (Å²) >= 11 is 0. The molecule has 0 saturated carbocycles. The van der Waals surface area contributed by atoms with E-state index in [9.17, 15) is 44.2 Å². The summed E-state index contributed by atoms with van der Waals surface area (Å²) in [6.07, 6.45) is -0.487. The van der Waals surface area contributed by atoms with Crippen molar-refractivity contribution in [2.24, 2.45) is 5.73 Å². The first-order valence-electron chi connectivity index (χ1n) is 25.4. The predicted molar refractivity (Wildman–Crippen MR) is 302 cm³/mol. The van der Waals surface area contributed by atoms with Crippen molar-refractivity contribution in [3.8, 4) is 33.8 Å². The van der Waals surface area contributed by atoms with E-state index in [1.165, 1.54) is 21.9 Å². The van der Waals surface area contributed by atoms with Crippen LogP contribution in [0, 0.1) is 20.2 Å². The fraction of sp³-hybridized carbons (Fsp3) is 0.305. The number of hydrogen-bond acceptors (Lipinski definition) is 14. The van der Waals surface area contributed by atoms with E-state index in [1.807, 2.05) is 72.8 Å². The zero-order valence-corrected chi connectivity index (χ0v) is 45.9. The first kappa shape index (κ1) is 60.4. The number of esters is 1. The highest BCUT2D eigenvalue weighted by molar-refractivity contribution is 6.02. The van der Waals surface area contributed by atoms with Crippen LogP contribution in [0.3, 0.4) is 0 Å². The van der Waals surface area contributed by atoms with E-state index in [4.69, 9.17) is 29.8 Å². The number of fused-ring (bicyclic) bond motifs is 2. The first-order chi connectivity index (χ1) is 37.4. The van der Waals surface area contributed by atoms with Gasteiger partial charge in [-0.15, -0.1) is 12.4 Å². The fourth-order valence-corrected chi connectivity index (χ4v) is 8.95. The molecule has 2 aliphatic rings. The second-order valence-corrected chi connectivity index (χ2v) is 20.8. The number of aliphatic carboxylic acids is 1. The van der Waals surface area contributed by atoms with Gasteiger partial charge in [-0.1, -0.05) is 72.8 Å². The highest BCUT2D eigenvalue weighted by atomic mass is 35.5. The molecule has 0 aromatic heterocycles. The molecule has 420 valence electrons. The standard InChI is InChI=1S/C34H39N3O8.C25H23N3O6.ClH/c1-33(2,3)44-30(38)20-27(35-32(40)45-34(4,5)6)31(39)36-17-16-24-19-25(13-15-28(24)36)43-21-22-12-14-26(29(18-22)37(41)42)23-10-8-7-9-11-23;26-21(14-24(29)30)25(31)27-11-10-18-13-19(7-9-22(18)27)34-15-16-6-8-20(23(12-16)28(32)33)17-4-2-1-3-5-17;/h7-15,18-19,27H,16-17,20-21H2,1-6H3,(H,35,40);1-9,12-13,21H,10-11,14-15,26H2,(H,29,30);1H/t27-;21-;/m11./s1. The van der Waals surface area contributed by atoms with E-state index < -0.39 is 69.4 Å². The number of alkyl carbamates (subject to hydrolysis) is 1. The molecule has 4 N–H and O–H groups in total. The second kappa shape index (κ2) is 26.2. The van der Waals surface area contributed by atoms with Crippen molar-refractivity contribution >= 4 is 65.0 Å². The lowest BCUT2D eigenvalue weighted by Gasteiger charge is -2.27. The molecule has 0 radical (unpaired) electrons. The van der Waals surface area contributed by atoms with Gasteiger partial charge in [0.05, 0.1) is 39.9 Å². The number of benzene rings is 6. The highest BCUT2D eigenvalue weighted by Gasteiger charge is 2.36. The number of amides is 3. The van der Waals surface area contributed by atoms with Gasteiger partial charge in [-0.2, -0.15) is 0 Å². The van der Waals surface area contributed by atoms with Crippen molar-refractivity contribution in [3.05, 3.63) is 176 Å². The molecule has 6 aromatic carbocycles. The van der Waals surface area contributed by atoms with Crippen molar-refractivity contribution in [2.75, 3.05) is 22.9 Å². The van der Waals surface area contributed by atoms with Gasteiger partial charge in [0.25, 0.3) is 11.4 Å². The average Bonchev–Trinajstić information content (AvgIpc) is 4.12. The van der Waals surface area contributed by atoms with Gasteiger partial charge in [0, 0.05) is 36.6 Å². The highest BCUT2D eigenvalue weighted by Crippen LogP contribution is 2.36. The molecule has 0 aliphatic carbocycles. The van der Waals surface area contributed by atoms with E-state index in [0.717, 1.165) is 22.3 Å². The number of nitrogens with zero attached hydrogens (tertiary/aromatic N) is 4. The second-order valence-electron chi connectivity index (χ2n) is 20.8. The van der Waals surface area contributed by atoms with Gasteiger partial charge in [0.2, 0.25) is 11.8 Å². The van der Waals surface area contributed by atoms with Crippen molar-refractivity contribution in [1.82, 2.24) is 5.32 Å². The van der Waals surface area contributed by atoms with Crippen LogP contribution in [0.4, 0.5) is 27.5 Å². The minimum atomic E-state index is -1.20. The third kappa shape index (κ3) is 16.1. The molecule has 21 heteroatoms. The molecule has 0 saturated heterocycles. The minimum Gasteiger partial charge on any atom is -0.489 e. The molecule has 0 bridgehead atoms. The molecule has 3 amide bonds. The Bertz CT molecular complexity index is 3230. The van der Waals surface area contributed by atoms with Gasteiger partial charge in [0.1, 0.15) is 42.0 Å². The van der Waals surface area contributed by atoms with Crippen LogP contribution in [0.25, 0.3) is 22.3 Å². The quantitative estimate of drug-likeness (QED) is 0.0435. The van der Waals surface area contributed by atoms with Crippen LogP contribution in [-0.2, 0) is 54.7 Å². The van der Waals surface area contributed by atoms with Crippen molar-refractivity contribution < 1.29 is 57.9 Å². The summed E-state index contributed by atoms with van der Waals surface area (Å²) < 4.78 is 22.6. The number of nitrogens with two attached hydrogens (primary N) is 1. The van der Waals surface area contributed by atoms with E-state index in [0.29, 0.717) is 71.1 Å². The molecule has 8 rings (SSSR count). The maximum Gasteiger partial charge on any atom is 0.408 e. The molecule has 80 heavy (non-hydrogen) atoms. The number of hydrogen-bond donors (Lipinski definition) is 3. The summed E-state index contributed by atoms with van der Waals surface area (Å²) in [5.74, 6) is -1.54. The van der Waals surface area contributed by atoms with Gasteiger partial charge in [0.15, 0.2) is 0 Å². The number of nitro benzene ring substituents is 2. The number of carbonyl (C=O) groups excluding carboxylic acids is 4. The van der Waals surface area contributed by atoms with Crippen LogP contribution in [0.1, 0.15) is 76.6 Å². The number of anilines is 2. The summed E-state index contributed by atoms with van der Waals surface area (Å²) in [6, 6.07) is 36.6. The number of halogens is 1. The van der Waals surface area contributed by atoms with Gasteiger partial charge >= 0.3 is 18.0 Å². The van der Waals surface area contributed by atoms with Gasteiger partial charge < -0.3 is 44.9 Å². The van der Waals surface area contributed by atoms with Crippen molar-refractivity contribution in [3.63, 3.8) is 0 Å². The third-order valence-electron chi connectivity index (χ3n) is 12.4. The maximum atomic E-state index is 13.7. The number of carbonyl (C=O) groups is 5.